The van der Waals surface area contributed by atoms with Gasteiger partial charge in [0.1, 0.15) is 11.3 Å². The van der Waals surface area contributed by atoms with E-state index in [1.165, 1.54) is 15.9 Å². The average Bonchev–Trinajstić information content (AvgIpc) is 3.06. The minimum atomic E-state index is -4.72. The number of piperazine rings is 1. The van der Waals surface area contributed by atoms with Gasteiger partial charge in [-0.3, -0.25) is 9.59 Å². The van der Waals surface area contributed by atoms with Crippen LogP contribution in [-0.2, 0) is 21.2 Å². The Hall–Kier alpha value is -3.63. The first kappa shape index (κ1) is 24.1. The highest BCUT2D eigenvalue weighted by Gasteiger charge is 2.74. The molecule has 1 saturated heterocycles. The maximum atomic E-state index is 14.6. The smallest absolute Gasteiger partial charge is 0.416 e. The second-order valence-electron chi connectivity index (χ2n) is 9.73. The number of amides is 2. The molecule has 0 bridgehead atoms. The molecule has 36 heavy (non-hydrogen) atoms. The van der Waals surface area contributed by atoms with Crippen molar-refractivity contribution in [2.75, 3.05) is 19.6 Å². The van der Waals surface area contributed by atoms with Crippen LogP contribution in [-0.4, -0.2) is 56.9 Å². The highest BCUT2D eigenvalue weighted by atomic mass is 19.4. The lowest BCUT2D eigenvalue weighted by Gasteiger charge is -2.36. The Bertz CT molecular complexity index is 1330. The van der Waals surface area contributed by atoms with Gasteiger partial charge in [-0.25, -0.2) is 9.37 Å². The number of hydrogen-bond donors (Lipinski definition) is 0. The number of benzene rings is 1. The van der Waals surface area contributed by atoms with E-state index in [0.717, 1.165) is 17.5 Å². The van der Waals surface area contributed by atoms with Gasteiger partial charge in [-0.05, 0) is 45.1 Å². The molecular formula is C25H24F4N4O3. The standard InChI is InChI=1S/C25H24F4N4O3/c1-15-10-33(13-30-15)16(2)4-5-20-22(35)31(6-7-32(20)14-34)12-24-11-23(24,3)36-21-18(24)8-17(9-19(21)26)25(27,28)29/h4-5,8-10,13-14H,6-7,11-12H2,1-3H3/b16-4+,20-5-. The zero-order valence-corrected chi connectivity index (χ0v) is 19.9. The summed E-state index contributed by atoms with van der Waals surface area (Å²) in [5.74, 6) is -1.70. The predicted octanol–water partition coefficient (Wildman–Crippen LogP) is 3.89. The number of ether oxygens (including phenoxy) is 1. The fourth-order valence-corrected chi connectivity index (χ4v) is 5.18. The summed E-state index contributed by atoms with van der Waals surface area (Å²) in [6.45, 7) is 5.83. The number of alkyl halides is 3. The monoisotopic (exact) mass is 504 g/mol. The molecule has 2 unspecified atom stereocenters. The van der Waals surface area contributed by atoms with E-state index in [1.54, 1.807) is 23.9 Å². The van der Waals surface area contributed by atoms with Gasteiger partial charge in [0.05, 0.1) is 23.0 Å². The minimum absolute atomic E-state index is 0.0452. The highest BCUT2D eigenvalue weighted by molar-refractivity contribution is 5.96. The molecule has 2 atom stereocenters. The van der Waals surface area contributed by atoms with Crippen molar-refractivity contribution in [1.29, 1.82) is 0 Å². The Morgan fingerprint density at radius 1 is 1.28 bits per heavy atom. The molecule has 3 heterocycles. The van der Waals surface area contributed by atoms with E-state index in [4.69, 9.17) is 4.74 Å². The van der Waals surface area contributed by atoms with Crippen LogP contribution in [0.2, 0.25) is 0 Å². The van der Waals surface area contributed by atoms with Crippen molar-refractivity contribution in [2.45, 2.75) is 44.4 Å². The van der Waals surface area contributed by atoms with Crippen molar-refractivity contribution in [3.05, 3.63) is 65.1 Å². The molecule has 1 aromatic heterocycles. The third-order valence-corrected chi connectivity index (χ3v) is 7.36. The number of aromatic nitrogens is 2. The van der Waals surface area contributed by atoms with E-state index in [-0.39, 0.29) is 36.6 Å². The summed E-state index contributed by atoms with van der Waals surface area (Å²) in [7, 11) is 0. The van der Waals surface area contributed by atoms with Gasteiger partial charge in [0.15, 0.2) is 11.6 Å². The van der Waals surface area contributed by atoms with Crippen LogP contribution in [0.3, 0.4) is 0 Å². The van der Waals surface area contributed by atoms with E-state index < -0.39 is 34.5 Å². The number of carbonyl (C=O) groups is 2. The normalized spacial score (nSPS) is 26.7. The topological polar surface area (TPSA) is 67.7 Å². The predicted molar refractivity (Wildman–Crippen MR) is 121 cm³/mol. The lowest BCUT2D eigenvalue weighted by atomic mass is 9.90. The van der Waals surface area contributed by atoms with Crippen LogP contribution in [0.5, 0.6) is 5.75 Å². The molecule has 0 N–H and O–H groups in total. The van der Waals surface area contributed by atoms with Gasteiger partial charge in [0, 0.05) is 43.5 Å². The molecule has 2 aromatic rings. The number of hydrogen-bond acceptors (Lipinski definition) is 4. The van der Waals surface area contributed by atoms with Crippen LogP contribution >= 0.6 is 0 Å². The number of allylic oxidation sites excluding steroid dienone is 3. The fraction of sp³-hybridized carbons (Fsp3) is 0.400. The second kappa shape index (κ2) is 7.94. The molecule has 1 saturated carbocycles. The Morgan fingerprint density at radius 2 is 2.03 bits per heavy atom. The third-order valence-electron chi connectivity index (χ3n) is 7.36. The molecule has 190 valence electrons. The van der Waals surface area contributed by atoms with Crippen LogP contribution in [0.1, 0.15) is 37.1 Å². The van der Waals surface area contributed by atoms with E-state index in [2.05, 4.69) is 4.98 Å². The molecule has 2 aliphatic heterocycles. The van der Waals surface area contributed by atoms with Gasteiger partial charge in [-0.15, -0.1) is 0 Å². The van der Waals surface area contributed by atoms with Gasteiger partial charge in [0.25, 0.3) is 5.91 Å². The Balaban J connectivity index is 1.45. The summed E-state index contributed by atoms with van der Waals surface area (Å²) in [5.41, 5.74) is -1.12. The number of halogens is 4. The first-order valence-electron chi connectivity index (χ1n) is 11.4. The summed E-state index contributed by atoms with van der Waals surface area (Å²) in [5, 5.41) is 0. The average molecular weight is 504 g/mol. The van der Waals surface area contributed by atoms with Crippen molar-refractivity contribution in [3.63, 3.8) is 0 Å². The molecule has 2 fully saturated rings. The molecule has 2 amide bonds. The van der Waals surface area contributed by atoms with E-state index >= 15 is 0 Å². The minimum Gasteiger partial charge on any atom is -0.483 e. The van der Waals surface area contributed by atoms with Crippen molar-refractivity contribution in [2.24, 2.45) is 0 Å². The van der Waals surface area contributed by atoms with Crippen LogP contribution in [0.25, 0.3) is 5.70 Å². The maximum Gasteiger partial charge on any atom is 0.416 e. The number of nitrogens with zero attached hydrogens (tertiary/aromatic N) is 4. The Labute approximate surface area is 204 Å². The summed E-state index contributed by atoms with van der Waals surface area (Å²) in [6, 6.07) is 1.37. The van der Waals surface area contributed by atoms with Crippen molar-refractivity contribution in [3.8, 4) is 5.75 Å². The van der Waals surface area contributed by atoms with E-state index in [9.17, 15) is 27.2 Å². The quantitative estimate of drug-likeness (QED) is 0.352. The zero-order chi connectivity index (χ0) is 26.0. The number of fused-ring (bicyclic) bond motifs is 3. The molecule has 1 aromatic carbocycles. The zero-order valence-electron chi connectivity index (χ0n) is 19.9. The van der Waals surface area contributed by atoms with Crippen LogP contribution in [0.15, 0.2) is 42.5 Å². The molecule has 3 aliphatic rings. The molecule has 0 radical (unpaired) electrons. The van der Waals surface area contributed by atoms with Crippen LogP contribution in [0.4, 0.5) is 17.6 Å². The first-order valence-corrected chi connectivity index (χ1v) is 11.4. The van der Waals surface area contributed by atoms with Crippen molar-refractivity contribution in [1.82, 2.24) is 19.4 Å². The fourth-order valence-electron chi connectivity index (χ4n) is 5.18. The molecular weight excluding hydrogens is 480 g/mol. The molecule has 1 aliphatic carbocycles. The second-order valence-corrected chi connectivity index (χ2v) is 9.73. The summed E-state index contributed by atoms with van der Waals surface area (Å²) in [4.78, 5) is 32.0. The lowest BCUT2D eigenvalue weighted by Crippen LogP contribution is -2.51. The SMILES string of the molecule is C/C(=C\C=C1\C(=O)N(CC23CC2(C)Oc2c(F)cc(C(F)(F)F)cc23)CCN1C=O)n1cnc(C)c1. The van der Waals surface area contributed by atoms with Gasteiger partial charge in [0.2, 0.25) is 6.41 Å². The maximum absolute atomic E-state index is 14.6. The third kappa shape index (κ3) is 3.68. The first-order chi connectivity index (χ1) is 16.9. The van der Waals surface area contributed by atoms with Crippen molar-refractivity contribution < 1.29 is 31.9 Å². The molecule has 7 nitrogen and oxygen atoms in total. The van der Waals surface area contributed by atoms with E-state index in [1.807, 2.05) is 20.0 Å². The van der Waals surface area contributed by atoms with Crippen molar-refractivity contribution >= 4 is 18.0 Å². The number of aryl methyl sites for hydroxylation is 1. The lowest BCUT2D eigenvalue weighted by molar-refractivity contribution is -0.138. The summed E-state index contributed by atoms with van der Waals surface area (Å²) >= 11 is 0. The molecule has 11 heteroatoms. The molecule has 5 rings (SSSR count). The van der Waals surface area contributed by atoms with Gasteiger partial charge in [-0.2, -0.15) is 13.2 Å². The van der Waals surface area contributed by atoms with Gasteiger partial charge < -0.3 is 19.1 Å². The van der Waals surface area contributed by atoms with E-state index in [0.29, 0.717) is 18.9 Å². The number of carbonyl (C=O) groups excluding carboxylic acids is 2. The number of imidazole rings is 1. The van der Waals surface area contributed by atoms with Crippen LogP contribution < -0.4 is 4.74 Å². The number of rotatable bonds is 5. The molecule has 0 spiro atoms. The van der Waals surface area contributed by atoms with Gasteiger partial charge >= 0.3 is 6.18 Å². The largest absolute Gasteiger partial charge is 0.483 e. The highest BCUT2D eigenvalue weighted by Crippen LogP contribution is 2.67. The Kier molecular flexibility index (Phi) is 5.31. The van der Waals surface area contributed by atoms with Gasteiger partial charge in [-0.1, -0.05) is 0 Å². The summed E-state index contributed by atoms with van der Waals surface area (Å²) in [6.07, 6.45) is 2.88. The summed E-state index contributed by atoms with van der Waals surface area (Å²) < 4.78 is 62.3. The van der Waals surface area contributed by atoms with Crippen LogP contribution in [0, 0.1) is 12.7 Å². The Morgan fingerprint density at radius 3 is 2.67 bits per heavy atom.